The van der Waals surface area contributed by atoms with Crippen LogP contribution in [0.15, 0.2) is 24.3 Å². The average Bonchev–Trinajstić information content (AvgIpc) is 2.85. The molecule has 0 aromatic heterocycles. The van der Waals surface area contributed by atoms with E-state index in [1.54, 1.807) is 0 Å². The monoisotopic (exact) mass is 260 g/mol. The topological polar surface area (TPSA) is 38.5 Å². The first-order valence-corrected chi connectivity index (χ1v) is 7.51. The van der Waals surface area contributed by atoms with Crippen LogP contribution in [0.3, 0.4) is 0 Å². The van der Waals surface area contributed by atoms with Crippen molar-refractivity contribution in [2.75, 3.05) is 32.8 Å². The number of para-hydroxylation sites is 1. The first kappa shape index (κ1) is 12.9. The Balaban J connectivity index is 1.54. The lowest BCUT2D eigenvalue weighted by Gasteiger charge is -2.33. The third kappa shape index (κ3) is 2.93. The lowest BCUT2D eigenvalue weighted by Crippen LogP contribution is -2.37. The van der Waals surface area contributed by atoms with Gasteiger partial charge in [0.1, 0.15) is 5.75 Å². The molecule has 2 aliphatic heterocycles. The zero-order valence-electron chi connectivity index (χ0n) is 11.6. The minimum absolute atomic E-state index is 0.558. The highest BCUT2D eigenvalue weighted by atomic mass is 16.5. The van der Waals surface area contributed by atoms with Crippen molar-refractivity contribution in [3.05, 3.63) is 29.8 Å². The van der Waals surface area contributed by atoms with Gasteiger partial charge in [-0.3, -0.25) is 0 Å². The van der Waals surface area contributed by atoms with Crippen molar-refractivity contribution in [2.24, 2.45) is 11.7 Å². The van der Waals surface area contributed by atoms with Crippen molar-refractivity contribution in [1.29, 1.82) is 0 Å². The minimum atomic E-state index is 0.558. The summed E-state index contributed by atoms with van der Waals surface area (Å²) in [6.07, 6.45) is 3.82. The van der Waals surface area contributed by atoms with Crippen LogP contribution in [0.5, 0.6) is 5.75 Å². The van der Waals surface area contributed by atoms with Gasteiger partial charge in [0.15, 0.2) is 0 Å². The normalized spacial score (nSPS) is 24.2. The van der Waals surface area contributed by atoms with Gasteiger partial charge in [-0.05, 0) is 50.9 Å². The molecule has 2 aliphatic rings. The summed E-state index contributed by atoms with van der Waals surface area (Å²) in [5.74, 6) is 2.50. The number of nitrogens with zero attached hydrogens (tertiary/aromatic N) is 1. The lowest BCUT2D eigenvalue weighted by molar-refractivity contribution is 0.164. The number of likely N-dealkylation sites (tertiary alicyclic amines) is 1. The van der Waals surface area contributed by atoms with Gasteiger partial charge in [0.2, 0.25) is 0 Å². The van der Waals surface area contributed by atoms with Crippen molar-refractivity contribution in [3.8, 4) is 5.75 Å². The van der Waals surface area contributed by atoms with Gasteiger partial charge in [0, 0.05) is 18.0 Å². The number of benzene rings is 1. The molecule has 3 heteroatoms. The van der Waals surface area contributed by atoms with E-state index in [4.69, 9.17) is 10.5 Å². The van der Waals surface area contributed by atoms with E-state index in [1.807, 2.05) is 0 Å². The zero-order chi connectivity index (χ0) is 13.1. The highest BCUT2D eigenvalue weighted by Crippen LogP contribution is 2.34. The van der Waals surface area contributed by atoms with E-state index in [9.17, 15) is 0 Å². The minimum Gasteiger partial charge on any atom is -0.493 e. The van der Waals surface area contributed by atoms with Crippen molar-refractivity contribution < 1.29 is 4.74 Å². The van der Waals surface area contributed by atoms with E-state index in [0.717, 1.165) is 31.4 Å². The van der Waals surface area contributed by atoms with Gasteiger partial charge >= 0.3 is 0 Å². The molecule has 0 aliphatic carbocycles. The zero-order valence-corrected chi connectivity index (χ0v) is 11.6. The highest BCUT2D eigenvalue weighted by Gasteiger charge is 2.27. The molecule has 2 N–H and O–H groups in total. The molecule has 0 amide bonds. The van der Waals surface area contributed by atoms with Gasteiger partial charge < -0.3 is 15.4 Å². The smallest absolute Gasteiger partial charge is 0.122 e. The quantitative estimate of drug-likeness (QED) is 0.902. The molecule has 0 spiro atoms. The summed E-state index contributed by atoms with van der Waals surface area (Å²) in [6, 6.07) is 8.48. The maximum Gasteiger partial charge on any atom is 0.122 e. The van der Waals surface area contributed by atoms with Gasteiger partial charge in [0.05, 0.1) is 6.61 Å². The SMILES string of the molecule is NCCC1CCN(CC2COc3ccccc32)CC1. The molecule has 104 valence electrons. The van der Waals surface area contributed by atoms with Crippen molar-refractivity contribution in [2.45, 2.75) is 25.2 Å². The van der Waals surface area contributed by atoms with Crippen molar-refractivity contribution in [1.82, 2.24) is 4.90 Å². The Morgan fingerprint density at radius 2 is 2.00 bits per heavy atom. The summed E-state index contributed by atoms with van der Waals surface area (Å²) in [6.45, 7) is 5.29. The van der Waals surface area contributed by atoms with Crippen LogP contribution in [0.2, 0.25) is 0 Å². The van der Waals surface area contributed by atoms with Gasteiger partial charge in [-0.25, -0.2) is 0 Å². The Morgan fingerprint density at radius 1 is 1.21 bits per heavy atom. The third-order valence-electron chi connectivity index (χ3n) is 4.56. The van der Waals surface area contributed by atoms with Crippen LogP contribution in [-0.4, -0.2) is 37.7 Å². The number of nitrogens with two attached hydrogens (primary N) is 1. The number of rotatable bonds is 4. The molecule has 1 aromatic carbocycles. The summed E-state index contributed by atoms with van der Waals surface area (Å²) in [7, 11) is 0. The molecule has 1 aromatic rings. The third-order valence-corrected chi connectivity index (χ3v) is 4.56. The Hall–Kier alpha value is -1.06. The fraction of sp³-hybridized carbons (Fsp3) is 0.625. The summed E-state index contributed by atoms with van der Waals surface area (Å²) < 4.78 is 5.77. The number of fused-ring (bicyclic) bond motifs is 1. The molecule has 3 rings (SSSR count). The van der Waals surface area contributed by atoms with Crippen LogP contribution >= 0.6 is 0 Å². The molecule has 1 unspecified atom stereocenters. The Bertz CT molecular complexity index is 413. The summed E-state index contributed by atoms with van der Waals surface area (Å²) >= 11 is 0. The molecule has 1 saturated heterocycles. The van der Waals surface area contributed by atoms with Gasteiger partial charge in [0.25, 0.3) is 0 Å². The number of hydrogen-bond acceptors (Lipinski definition) is 3. The summed E-state index contributed by atoms with van der Waals surface area (Å²) in [5, 5.41) is 0. The standard InChI is InChI=1S/C16H24N2O/c17-8-5-13-6-9-18(10-7-13)11-14-12-19-16-4-2-1-3-15(14)16/h1-4,13-14H,5-12,17H2. The first-order valence-electron chi connectivity index (χ1n) is 7.51. The molecule has 0 radical (unpaired) electrons. The second kappa shape index (κ2) is 5.93. The van der Waals surface area contributed by atoms with Gasteiger partial charge in [-0.2, -0.15) is 0 Å². The molecule has 1 atom stereocenters. The van der Waals surface area contributed by atoms with E-state index < -0.39 is 0 Å². The lowest BCUT2D eigenvalue weighted by atomic mass is 9.92. The number of hydrogen-bond donors (Lipinski definition) is 1. The molecular weight excluding hydrogens is 236 g/mol. The molecule has 2 heterocycles. The van der Waals surface area contributed by atoms with Crippen LogP contribution in [0.1, 0.15) is 30.7 Å². The van der Waals surface area contributed by atoms with Gasteiger partial charge in [-0.1, -0.05) is 18.2 Å². The number of ether oxygens (including phenoxy) is 1. The predicted molar refractivity (Wildman–Crippen MR) is 77.5 cm³/mol. The van der Waals surface area contributed by atoms with Crippen LogP contribution in [0, 0.1) is 5.92 Å². The molecule has 3 nitrogen and oxygen atoms in total. The van der Waals surface area contributed by atoms with Crippen molar-refractivity contribution in [3.63, 3.8) is 0 Å². The Morgan fingerprint density at radius 3 is 2.79 bits per heavy atom. The van der Waals surface area contributed by atoms with Crippen molar-refractivity contribution >= 4 is 0 Å². The second-order valence-corrected chi connectivity index (χ2v) is 5.87. The van der Waals surface area contributed by atoms with Crippen LogP contribution < -0.4 is 10.5 Å². The fourth-order valence-electron chi connectivity index (χ4n) is 3.39. The van der Waals surface area contributed by atoms with Gasteiger partial charge in [-0.15, -0.1) is 0 Å². The van der Waals surface area contributed by atoms with Crippen LogP contribution in [0.4, 0.5) is 0 Å². The molecular formula is C16H24N2O. The fourth-order valence-corrected chi connectivity index (χ4v) is 3.39. The largest absolute Gasteiger partial charge is 0.493 e. The number of piperidine rings is 1. The molecule has 19 heavy (non-hydrogen) atoms. The van der Waals surface area contributed by atoms with Crippen LogP contribution in [-0.2, 0) is 0 Å². The second-order valence-electron chi connectivity index (χ2n) is 5.87. The average molecular weight is 260 g/mol. The maximum atomic E-state index is 5.77. The summed E-state index contributed by atoms with van der Waals surface area (Å²) in [4.78, 5) is 2.60. The predicted octanol–water partition coefficient (Wildman–Crippen LogP) is 2.22. The molecule has 0 bridgehead atoms. The Labute approximate surface area is 115 Å². The van der Waals surface area contributed by atoms with E-state index in [2.05, 4.69) is 29.2 Å². The summed E-state index contributed by atoms with van der Waals surface area (Å²) in [5.41, 5.74) is 7.04. The van der Waals surface area contributed by atoms with E-state index in [1.165, 1.54) is 37.9 Å². The highest BCUT2D eigenvalue weighted by molar-refractivity contribution is 5.39. The van der Waals surface area contributed by atoms with E-state index >= 15 is 0 Å². The van der Waals surface area contributed by atoms with E-state index in [-0.39, 0.29) is 0 Å². The molecule has 0 saturated carbocycles. The van der Waals surface area contributed by atoms with Crippen LogP contribution in [0.25, 0.3) is 0 Å². The maximum absolute atomic E-state index is 5.77. The van der Waals surface area contributed by atoms with E-state index in [0.29, 0.717) is 5.92 Å². The Kier molecular flexibility index (Phi) is 4.04. The molecule has 1 fully saturated rings. The first-order chi connectivity index (χ1) is 9.36.